The van der Waals surface area contributed by atoms with Crippen LogP contribution in [0.15, 0.2) is 24.3 Å². The lowest BCUT2D eigenvalue weighted by atomic mass is 9.82. The Bertz CT molecular complexity index is 1590. The van der Waals surface area contributed by atoms with Gasteiger partial charge in [-0.15, -0.1) is 0 Å². The Labute approximate surface area is 257 Å². The van der Waals surface area contributed by atoms with E-state index in [-0.39, 0.29) is 46.7 Å². The number of aromatic nitrogens is 2. The van der Waals surface area contributed by atoms with Crippen molar-refractivity contribution in [2.45, 2.75) is 69.4 Å². The number of halogens is 4. The number of ether oxygens (including phenoxy) is 1. The van der Waals surface area contributed by atoms with Crippen molar-refractivity contribution < 1.29 is 37.4 Å². The highest BCUT2D eigenvalue weighted by Crippen LogP contribution is 2.60. The highest BCUT2D eigenvalue weighted by molar-refractivity contribution is 6.34. The van der Waals surface area contributed by atoms with E-state index in [4.69, 9.17) is 21.4 Å². The number of carboxylic acid groups (broad SMARTS) is 1. The lowest BCUT2D eigenvalue weighted by Crippen LogP contribution is -2.46. The Hall–Kier alpha value is -3.18. The Morgan fingerprint density at radius 2 is 1.82 bits per heavy atom. The number of amides is 1. The first kappa shape index (κ1) is 29.5. The summed E-state index contributed by atoms with van der Waals surface area (Å²) in [4.78, 5) is 41.4. The Morgan fingerprint density at radius 3 is 2.41 bits per heavy atom. The molecule has 1 saturated carbocycles. The van der Waals surface area contributed by atoms with Crippen molar-refractivity contribution in [2.24, 2.45) is 17.3 Å². The molecule has 3 aliphatic carbocycles. The second-order valence-electron chi connectivity index (χ2n) is 13.2. The van der Waals surface area contributed by atoms with Crippen LogP contribution in [0.25, 0.3) is 5.57 Å². The Balaban J connectivity index is 1.27. The zero-order valence-electron chi connectivity index (χ0n) is 24.1. The average molecular weight is 632 g/mol. The zero-order valence-corrected chi connectivity index (χ0v) is 24.8. The van der Waals surface area contributed by atoms with Crippen LogP contribution in [-0.2, 0) is 32.6 Å². The molecule has 234 valence electrons. The van der Waals surface area contributed by atoms with Gasteiger partial charge in [-0.05, 0) is 68.6 Å². The summed E-state index contributed by atoms with van der Waals surface area (Å²) in [6.45, 7) is 2.58. The molecule has 8 nitrogen and oxygen atoms in total. The topological polar surface area (TPSA) is 102 Å². The van der Waals surface area contributed by atoms with Crippen LogP contribution in [0.5, 0.6) is 0 Å². The average Bonchev–Trinajstić information content (AvgIpc) is 3.54. The molecule has 1 aromatic heterocycles. The van der Waals surface area contributed by atoms with Gasteiger partial charge in [0.1, 0.15) is 0 Å². The maximum Gasteiger partial charge on any atom is 0.398 e. The lowest BCUT2D eigenvalue weighted by Gasteiger charge is -2.38. The van der Waals surface area contributed by atoms with Crippen molar-refractivity contribution >= 4 is 35.0 Å². The first-order chi connectivity index (χ1) is 20.9. The summed E-state index contributed by atoms with van der Waals surface area (Å²) in [7, 11) is 0. The molecular formula is C32H33ClF3N3O5. The van der Waals surface area contributed by atoms with Crippen molar-refractivity contribution in [3.05, 3.63) is 57.4 Å². The quantitative estimate of drug-likeness (QED) is 0.472. The number of aliphatic carboxylic acids is 1. The van der Waals surface area contributed by atoms with Crippen LogP contribution in [0.3, 0.4) is 0 Å². The van der Waals surface area contributed by atoms with E-state index in [9.17, 15) is 32.7 Å². The van der Waals surface area contributed by atoms with Crippen LogP contribution in [0, 0.1) is 17.3 Å². The summed E-state index contributed by atoms with van der Waals surface area (Å²) >= 11 is 6.49. The predicted molar refractivity (Wildman–Crippen MR) is 153 cm³/mol. The van der Waals surface area contributed by atoms with Gasteiger partial charge in [0, 0.05) is 36.4 Å². The molecule has 7 rings (SSSR count). The Kier molecular flexibility index (Phi) is 7.00. The third kappa shape index (κ3) is 4.69. The predicted octanol–water partition coefficient (Wildman–Crippen LogP) is 5.44. The monoisotopic (exact) mass is 631 g/mol. The lowest BCUT2D eigenvalue weighted by molar-refractivity contribution is -0.160. The van der Waals surface area contributed by atoms with Crippen LogP contribution in [0.1, 0.15) is 77.8 Å². The van der Waals surface area contributed by atoms with E-state index in [1.54, 1.807) is 0 Å². The molecule has 0 radical (unpaired) electrons. The van der Waals surface area contributed by atoms with Gasteiger partial charge in [-0.2, -0.15) is 23.0 Å². The number of benzene rings is 1. The molecule has 1 spiro atoms. The van der Waals surface area contributed by atoms with Gasteiger partial charge in [0.2, 0.25) is 5.91 Å². The van der Waals surface area contributed by atoms with Gasteiger partial charge in [-0.25, -0.2) is 0 Å². The van der Waals surface area contributed by atoms with Gasteiger partial charge >= 0.3 is 12.1 Å². The van der Waals surface area contributed by atoms with Crippen molar-refractivity contribution in [1.29, 1.82) is 0 Å². The second-order valence-corrected chi connectivity index (χ2v) is 13.6. The number of carbonyl (C=O) groups is 3. The number of allylic oxidation sites excluding steroid dienone is 2. The van der Waals surface area contributed by atoms with Crippen LogP contribution in [-0.4, -0.2) is 70.1 Å². The van der Waals surface area contributed by atoms with Crippen molar-refractivity contribution in [3.63, 3.8) is 0 Å². The fourth-order valence-electron chi connectivity index (χ4n) is 7.61. The molecule has 0 unspecified atom stereocenters. The maximum atomic E-state index is 14.3. The summed E-state index contributed by atoms with van der Waals surface area (Å²) in [6.07, 6.45) is 0.356. The smallest absolute Gasteiger partial charge is 0.398 e. The van der Waals surface area contributed by atoms with E-state index < -0.39 is 35.3 Å². The van der Waals surface area contributed by atoms with Gasteiger partial charge in [-0.1, -0.05) is 29.8 Å². The largest absolute Gasteiger partial charge is 0.481 e. The minimum atomic E-state index is -4.55. The third-order valence-electron chi connectivity index (χ3n) is 10.5. The van der Waals surface area contributed by atoms with Crippen LogP contribution < -0.4 is 0 Å². The molecule has 5 aliphatic rings. The van der Waals surface area contributed by atoms with Gasteiger partial charge in [0.05, 0.1) is 46.5 Å². The van der Waals surface area contributed by atoms with Gasteiger partial charge in [0.25, 0.3) is 5.91 Å². The van der Waals surface area contributed by atoms with E-state index >= 15 is 0 Å². The van der Waals surface area contributed by atoms with Crippen LogP contribution in [0.2, 0.25) is 5.02 Å². The summed E-state index contributed by atoms with van der Waals surface area (Å²) in [5, 5.41) is 14.1. The molecule has 3 heterocycles. The first-order valence-corrected chi connectivity index (χ1v) is 15.6. The van der Waals surface area contributed by atoms with Crippen molar-refractivity contribution in [3.8, 4) is 0 Å². The molecule has 12 heteroatoms. The number of rotatable bonds is 5. The number of hydrogen-bond acceptors (Lipinski definition) is 5. The molecule has 44 heavy (non-hydrogen) atoms. The number of carboxylic acids is 1. The Morgan fingerprint density at radius 1 is 1.07 bits per heavy atom. The molecule has 1 N–H and O–H groups in total. The van der Waals surface area contributed by atoms with E-state index in [0.717, 1.165) is 17.6 Å². The number of likely N-dealkylation sites (tertiary alicyclic amines) is 1. The van der Waals surface area contributed by atoms with Crippen molar-refractivity contribution in [2.75, 3.05) is 26.3 Å². The normalized spacial score (nSPS) is 25.3. The van der Waals surface area contributed by atoms with E-state index in [1.165, 1.54) is 22.9 Å². The maximum absolute atomic E-state index is 14.3. The minimum Gasteiger partial charge on any atom is -0.481 e. The highest BCUT2D eigenvalue weighted by atomic mass is 35.5. The number of hydrogen-bond donors (Lipinski definition) is 1. The first-order valence-electron chi connectivity index (χ1n) is 15.2. The van der Waals surface area contributed by atoms with Gasteiger partial charge in [0.15, 0.2) is 0 Å². The number of nitrogens with zero attached hydrogens (tertiary/aromatic N) is 3. The fourth-order valence-corrected chi connectivity index (χ4v) is 7.86. The van der Waals surface area contributed by atoms with Crippen molar-refractivity contribution in [1.82, 2.24) is 14.7 Å². The second kappa shape index (κ2) is 10.4. The molecule has 2 atom stereocenters. The standard InChI is InChI=1S/C32H33ClF3N3O5/c33-23-3-1-2-22(31(10-11-31)32(34,35)36)25(23)28(41)39-24-14-20(27(40)38-13-12-30(15-38)16-44-17-30)8-9-21(24)26(37-39)18-4-6-19(7-5-18)29(42)43/h1-4,19-20H,5-17H2,(H,42,43)/t19-,20-/m1/s1. The number of alkyl halides is 3. The summed E-state index contributed by atoms with van der Waals surface area (Å²) in [5.41, 5.74) is 0.200. The molecule has 1 aromatic carbocycles. The summed E-state index contributed by atoms with van der Waals surface area (Å²) in [5.74, 6) is -2.51. The van der Waals surface area contributed by atoms with Crippen LogP contribution >= 0.6 is 11.6 Å². The number of carbonyl (C=O) groups excluding carboxylic acids is 2. The molecule has 0 bridgehead atoms. The summed E-state index contributed by atoms with van der Waals surface area (Å²) < 4.78 is 49.4. The molecule has 3 fully saturated rings. The SMILES string of the molecule is O=C(O)[C@@H]1CC=C(c2nn(C(=O)c3c(Cl)cccc3C3(C(F)(F)F)CC3)c3c2CC[C@@H](C(=O)N2CCC4(COC4)C2)C3)CC1. The molecule has 1 amide bonds. The van der Waals surface area contributed by atoms with E-state index in [2.05, 4.69) is 0 Å². The molecule has 2 aromatic rings. The van der Waals surface area contributed by atoms with E-state index in [1.807, 2.05) is 11.0 Å². The minimum absolute atomic E-state index is 0.00907. The van der Waals surface area contributed by atoms with Gasteiger partial charge in [-0.3, -0.25) is 14.4 Å². The van der Waals surface area contributed by atoms with E-state index in [0.29, 0.717) is 69.8 Å². The molecular weight excluding hydrogens is 599 g/mol. The molecule has 2 saturated heterocycles. The summed E-state index contributed by atoms with van der Waals surface area (Å²) in [6, 6.07) is 4.17. The van der Waals surface area contributed by atoms with Crippen LogP contribution in [0.4, 0.5) is 13.2 Å². The van der Waals surface area contributed by atoms with Gasteiger partial charge < -0.3 is 14.7 Å². The third-order valence-corrected chi connectivity index (χ3v) is 10.8. The zero-order chi connectivity index (χ0) is 31.0. The fraction of sp³-hybridized carbons (Fsp3) is 0.562. The molecule has 2 aliphatic heterocycles. The highest BCUT2D eigenvalue weighted by Gasteiger charge is 2.65. The number of fused-ring (bicyclic) bond motifs is 1.